The van der Waals surface area contributed by atoms with E-state index in [-0.39, 0.29) is 0 Å². The summed E-state index contributed by atoms with van der Waals surface area (Å²) in [7, 11) is 0. The third kappa shape index (κ3) is 2.48. The van der Waals surface area contributed by atoms with Crippen LogP contribution in [0, 0.1) is 0 Å². The van der Waals surface area contributed by atoms with E-state index in [9.17, 15) is 0 Å². The Hall–Kier alpha value is -2.22. The smallest absolute Gasteiger partial charge is 0.116 e. The largest absolute Gasteiger partial charge is 0.244 e. The number of nitrogens with zero attached hydrogens (tertiary/aromatic N) is 2. The molecule has 0 N–H and O–H groups in total. The van der Waals surface area contributed by atoms with Crippen molar-refractivity contribution in [3.8, 4) is 11.1 Å². The highest BCUT2D eigenvalue weighted by Crippen LogP contribution is 2.23. The summed E-state index contributed by atoms with van der Waals surface area (Å²) < 4.78 is 0. The summed E-state index contributed by atoms with van der Waals surface area (Å²) in [6.07, 6.45) is 5.78. The third-order valence-electron chi connectivity index (χ3n) is 3.33. The van der Waals surface area contributed by atoms with Gasteiger partial charge in [0.1, 0.15) is 6.33 Å². The Bertz CT molecular complexity index is 687. The van der Waals surface area contributed by atoms with Crippen molar-refractivity contribution in [1.82, 2.24) is 9.97 Å². The van der Waals surface area contributed by atoms with Crippen molar-refractivity contribution >= 4 is 10.9 Å². The first-order chi connectivity index (χ1) is 9.36. The molecule has 0 saturated heterocycles. The van der Waals surface area contributed by atoms with Crippen LogP contribution >= 0.6 is 0 Å². The van der Waals surface area contributed by atoms with E-state index in [1.165, 1.54) is 23.1 Å². The molecule has 1 heterocycles. The minimum absolute atomic E-state index is 0.987. The fourth-order valence-electron chi connectivity index (χ4n) is 2.32. The van der Waals surface area contributed by atoms with Gasteiger partial charge in [0, 0.05) is 11.6 Å². The number of benzene rings is 2. The summed E-state index contributed by atoms with van der Waals surface area (Å²) in [4.78, 5) is 8.32. The molecular formula is C17H16N2. The fourth-order valence-corrected chi connectivity index (χ4v) is 2.32. The van der Waals surface area contributed by atoms with Gasteiger partial charge in [-0.05, 0) is 35.2 Å². The average Bonchev–Trinajstić information content (AvgIpc) is 2.48. The van der Waals surface area contributed by atoms with E-state index in [0.717, 1.165) is 17.3 Å². The first kappa shape index (κ1) is 11.8. The lowest BCUT2D eigenvalue weighted by Gasteiger charge is -2.05. The maximum Gasteiger partial charge on any atom is 0.116 e. The molecule has 0 aliphatic heterocycles. The van der Waals surface area contributed by atoms with Crippen molar-refractivity contribution < 1.29 is 0 Å². The second-order valence-electron chi connectivity index (χ2n) is 4.74. The van der Waals surface area contributed by atoms with Crippen LogP contribution in [0.15, 0.2) is 55.0 Å². The minimum atomic E-state index is 0.987. The van der Waals surface area contributed by atoms with Gasteiger partial charge in [-0.25, -0.2) is 9.97 Å². The van der Waals surface area contributed by atoms with E-state index < -0.39 is 0 Å². The van der Waals surface area contributed by atoms with Crippen LogP contribution in [-0.4, -0.2) is 9.97 Å². The minimum Gasteiger partial charge on any atom is -0.244 e. The highest BCUT2D eigenvalue weighted by molar-refractivity contribution is 5.83. The van der Waals surface area contributed by atoms with E-state index in [1.54, 1.807) is 6.33 Å². The van der Waals surface area contributed by atoms with Gasteiger partial charge in [-0.2, -0.15) is 0 Å². The van der Waals surface area contributed by atoms with E-state index in [4.69, 9.17) is 0 Å². The Labute approximate surface area is 113 Å². The van der Waals surface area contributed by atoms with Crippen molar-refractivity contribution in [2.45, 2.75) is 19.8 Å². The van der Waals surface area contributed by atoms with Gasteiger partial charge in [-0.15, -0.1) is 0 Å². The van der Waals surface area contributed by atoms with Gasteiger partial charge in [0.15, 0.2) is 0 Å². The maximum atomic E-state index is 4.24. The maximum absolute atomic E-state index is 4.24. The number of hydrogen-bond acceptors (Lipinski definition) is 2. The molecular weight excluding hydrogens is 232 g/mol. The molecule has 0 unspecified atom stereocenters. The molecule has 2 aromatic carbocycles. The molecule has 1 aromatic heterocycles. The zero-order valence-corrected chi connectivity index (χ0v) is 11.0. The summed E-state index contributed by atoms with van der Waals surface area (Å²) in [5, 5.41) is 1.08. The molecule has 0 aliphatic rings. The first-order valence-corrected chi connectivity index (χ1v) is 6.66. The van der Waals surface area contributed by atoms with E-state index >= 15 is 0 Å². The predicted octanol–water partition coefficient (Wildman–Crippen LogP) is 4.25. The number of rotatable bonds is 3. The highest BCUT2D eigenvalue weighted by atomic mass is 14.8. The number of aromatic nitrogens is 2. The van der Waals surface area contributed by atoms with Crippen molar-refractivity contribution in [3.63, 3.8) is 0 Å². The molecule has 0 bridgehead atoms. The molecule has 3 rings (SSSR count). The summed E-state index contributed by atoms with van der Waals surface area (Å²) in [5.74, 6) is 0. The number of fused-ring (bicyclic) bond motifs is 1. The molecule has 0 aliphatic carbocycles. The van der Waals surface area contributed by atoms with Crippen molar-refractivity contribution in [2.24, 2.45) is 0 Å². The van der Waals surface area contributed by atoms with Crippen molar-refractivity contribution in [3.05, 3.63) is 60.6 Å². The van der Waals surface area contributed by atoms with E-state index in [2.05, 4.69) is 53.3 Å². The zero-order valence-electron chi connectivity index (χ0n) is 11.0. The highest BCUT2D eigenvalue weighted by Gasteiger charge is 2.00. The first-order valence-electron chi connectivity index (χ1n) is 6.66. The summed E-state index contributed by atoms with van der Waals surface area (Å²) in [6.45, 7) is 2.21. The lowest BCUT2D eigenvalue weighted by molar-refractivity contribution is 0.922. The Morgan fingerprint density at radius 1 is 0.947 bits per heavy atom. The molecule has 2 heteroatoms. The van der Waals surface area contributed by atoms with Gasteiger partial charge in [-0.3, -0.25) is 0 Å². The van der Waals surface area contributed by atoms with Crippen LogP contribution in [0.3, 0.4) is 0 Å². The number of aryl methyl sites for hydroxylation is 1. The summed E-state index contributed by atoms with van der Waals surface area (Å²) >= 11 is 0. The SMILES string of the molecule is CCCc1ccc(-c2ccc3ncncc3c2)cc1. The molecule has 0 atom stereocenters. The third-order valence-corrected chi connectivity index (χ3v) is 3.33. The molecule has 0 amide bonds. The van der Waals surface area contributed by atoms with Gasteiger partial charge in [0.05, 0.1) is 5.52 Å². The summed E-state index contributed by atoms with van der Waals surface area (Å²) in [6, 6.07) is 15.1. The van der Waals surface area contributed by atoms with Gasteiger partial charge in [0.2, 0.25) is 0 Å². The van der Waals surface area contributed by atoms with Crippen molar-refractivity contribution in [1.29, 1.82) is 0 Å². The van der Waals surface area contributed by atoms with Crippen LogP contribution in [-0.2, 0) is 6.42 Å². The predicted molar refractivity (Wildman–Crippen MR) is 79.0 cm³/mol. The Morgan fingerprint density at radius 2 is 1.74 bits per heavy atom. The van der Waals surface area contributed by atoms with Crippen LogP contribution in [0.1, 0.15) is 18.9 Å². The zero-order chi connectivity index (χ0) is 13.1. The van der Waals surface area contributed by atoms with Crippen molar-refractivity contribution in [2.75, 3.05) is 0 Å². The number of hydrogen-bond donors (Lipinski definition) is 0. The van der Waals surface area contributed by atoms with E-state index in [0.29, 0.717) is 0 Å². The Morgan fingerprint density at radius 3 is 2.53 bits per heavy atom. The quantitative estimate of drug-likeness (QED) is 0.692. The van der Waals surface area contributed by atoms with Gasteiger partial charge >= 0.3 is 0 Å². The lowest BCUT2D eigenvalue weighted by atomic mass is 10.0. The fraction of sp³-hybridized carbons (Fsp3) is 0.176. The molecule has 0 saturated carbocycles. The Balaban J connectivity index is 1.99. The van der Waals surface area contributed by atoms with Gasteiger partial charge in [0.25, 0.3) is 0 Å². The van der Waals surface area contributed by atoms with E-state index in [1.807, 2.05) is 12.3 Å². The lowest BCUT2D eigenvalue weighted by Crippen LogP contribution is -1.85. The second-order valence-corrected chi connectivity index (χ2v) is 4.74. The molecule has 0 fully saturated rings. The van der Waals surface area contributed by atoms with Crippen LogP contribution in [0.4, 0.5) is 0 Å². The monoisotopic (exact) mass is 248 g/mol. The standard InChI is InChI=1S/C17H16N2/c1-2-3-13-4-6-14(7-5-13)15-8-9-17-16(10-15)11-18-12-19-17/h4-12H,2-3H2,1H3. The van der Waals surface area contributed by atoms with Crippen LogP contribution in [0.2, 0.25) is 0 Å². The normalized spacial score (nSPS) is 10.8. The topological polar surface area (TPSA) is 25.8 Å². The van der Waals surface area contributed by atoms with Gasteiger partial charge < -0.3 is 0 Å². The second kappa shape index (κ2) is 5.19. The molecule has 0 radical (unpaired) electrons. The van der Waals surface area contributed by atoms with Crippen LogP contribution < -0.4 is 0 Å². The Kier molecular flexibility index (Phi) is 3.23. The molecule has 2 nitrogen and oxygen atoms in total. The average molecular weight is 248 g/mol. The molecule has 94 valence electrons. The van der Waals surface area contributed by atoms with Gasteiger partial charge in [-0.1, -0.05) is 43.7 Å². The summed E-state index contributed by atoms with van der Waals surface area (Å²) in [5.41, 5.74) is 4.84. The molecule has 3 aromatic rings. The van der Waals surface area contributed by atoms with Crippen LogP contribution in [0.5, 0.6) is 0 Å². The molecule has 0 spiro atoms. The molecule has 19 heavy (non-hydrogen) atoms. The van der Waals surface area contributed by atoms with Crippen LogP contribution in [0.25, 0.3) is 22.0 Å².